The Balaban J connectivity index is 0.976. The summed E-state index contributed by atoms with van der Waals surface area (Å²) in [6, 6.07) is 44.1. The molecule has 0 aromatic heterocycles. The maximum absolute atomic E-state index is 12.4. The Morgan fingerprint density at radius 2 is 0.704 bits per heavy atom. The van der Waals surface area contributed by atoms with Gasteiger partial charge in [-0.2, -0.15) is 4.79 Å². The second kappa shape index (κ2) is 19.0. The summed E-state index contributed by atoms with van der Waals surface area (Å²) in [6.07, 6.45) is -1.26. The molecule has 11 nitrogen and oxygen atoms in total. The number of carbonyl (C=O) groups excluding carboxylic acids is 1. The van der Waals surface area contributed by atoms with Gasteiger partial charge >= 0.3 is 6.16 Å². The van der Waals surface area contributed by atoms with Gasteiger partial charge in [-0.1, -0.05) is 97.1 Å². The molecular formula is C43H38O11. The summed E-state index contributed by atoms with van der Waals surface area (Å²) >= 11 is 0. The zero-order chi connectivity index (χ0) is 37.4. The first kappa shape index (κ1) is 36.8. The van der Waals surface area contributed by atoms with Gasteiger partial charge in [0, 0.05) is 0 Å². The van der Waals surface area contributed by atoms with Gasteiger partial charge in [-0.15, -0.1) is 0 Å². The Bertz CT molecular complexity index is 1940. The fourth-order valence-corrected chi connectivity index (χ4v) is 5.08. The quantitative estimate of drug-likeness (QED) is 0.0623. The van der Waals surface area contributed by atoms with Crippen LogP contribution in [-0.2, 0) is 36.2 Å². The van der Waals surface area contributed by atoms with Crippen molar-refractivity contribution in [2.75, 3.05) is 14.2 Å². The molecule has 0 saturated heterocycles. The molecule has 6 rings (SSSR count). The largest absolute Gasteiger partial charge is 0.591 e. The Hall–Kier alpha value is -7.01. The van der Waals surface area contributed by atoms with Crippen molar-refractivity contribution in [3.05, 3.63) is 168 Å². The molecule has 0 fully saturated rings. The first-order chi connectivity index (χ1) is 26.6. The number of hydrogen-bond acceptors (Lipinski definition) is 11. The maximum Gasteiger partial charge on any atom is 0.591 e. The smallest absolute Gasteiger partial charge is 0.493 e. The molecule has 276 valence electrons. The van der Waals surface area contributed by atoms with Crippen LogP contribution in [-0.4, -0.2) is 20.4 Å². The van der Waals surface area contributed by atoms with E-state index in [2.05, 4.69) is 0 Å². The maximum atomic E-state index is 12.4. The molecule has 0 aliphatic heterocycles. The molecule has 54 heavy (non-hydrogen) atoms. The second-order valence-corrected chi connectivity index (χ2v) is 11.6. The van der Waals surface area contributed by atoms with Crippen LogP contribution in [0.15, 0.2) is 146 Å². The van der Waals surface area contributed by atoms with E-state index in [0.29, 0.717) is 47.7 Å². The first-order valence-corrected chi connectivity index (χ1v) is 16.9. The van der Waals surface area contributed by atoms with E-state index in [-0.39, 0.29) is 24.7 Å². The van der Waals surface area contributed by atoms with Crippen molar-refractivity contribution in [3.8, 4) is 46.0 Å². The molecule has 0 saturated carbocycles. The summed E-state index contributed by atoms with van der Waals surface area (Å²) in [6.45, 7) is 1.14. The molecule has 0 spiro atoms. The lowest BCUT2D eigenvalue weighted by atomic mass is 10.2. The summed E-state index contributed by atoms with van der Waals surface area (Å²) in [5.74, 6) is 3.26. The van der Waals surface area contributed by atoms with Crippen LogP contribution in [0.2, 0.25) is 0 Å². The third-order valence-electron chi connectivity index (χ3n) is 7.82. The molecule has 11 heteroatoms. The lowest BCUT2D eigenvalue weighted by Crippen LogP contribution is -2.13. The highest BCUT2D eigenvalue weighted by Crippen LogP contribution is 2.33. The SMILES string of the molecule is COc1cc(COc2ccccc2OOC(=O)OOc2ccccc2OCc2ccc(OCc3ccccc3)c(OC)c2)ccc1OCc1ccccc1. The fourth-order valence-electron chi connectivity index (χ4n) is 5.08. The van der Waals surface area contributed by atoms with Crippen LogP contribution in [0.5, 0.6) is 46.0 Å². The highest BCUT2D eigenvalue weighted by molar-refractivity contribution is 5.59. The Labute approximate surface area is 312 Å². The monoisotopic (exact) mass is 730 g/mol. The highest BCUT2D eigenvalue weighted by atomic mass is 17.3. The van der Waals surface area contributed by atoms with Crippen LogP contribution in [0.25, 0.3) is 0 Å². The minimum absolute atomic E-state index is 0.139. The molecule has 0 radical (unpaired) electrons. The molecule has 0 atom stereocenters. The van der Waals surface area contributed by atoms with Gasteiger partial charge in [-0.3, -0.25) is 9.78 Å². The molecular weight excluding hydrogens is 692 g/mol. The third-order valence-corrected chi connectivity index (χ3v) is 7.82. The molecule has 0 N–H and O–H groups in total. The fraction of sp³-hybridized carbons (Fsp3) is 0.140. The van der Waals surface area contributed by atoms with Crippen LogP contribution in [0, 0.1) is 0 Å². The van der Waals surface area contributed by atoms with Crippen LogP contribution >= 0.6 is 0 Å². The Kier molecular flexibility index (Phi) is 12.9. The summed E-state index contributed by atoms with van der Waals surface area (Å²) in [4.78, 5) is 32.6. The first-order valence-electron chi connectivity index (χ1n) is 16.9. The lowest BCUT2D eigenvalue weighted by Gasteiger charge is -2.14. The van der Waals surface area contributed by atoms with Crippen molar-refractivity contribution in [1.29, 1.82) is 0 Å². The number of methoxy groups -OCH3 is 2. The minimum Gasteiger partial charge on any atom is -0.493 e. The van der Waals surface area contributed by atoms with Crippen LogP contribution in [0.3, 0.4) is 0 Å². The predicted octanol–water partition coefficient (Wildman–Crippen LogP) is 9.46. The normalized spacial score (nSPS) is 10.4. The van der Waals surface area contributed by atoms with Gasteiger partial charge in [0.15, 0.2) is 34.5 Å². The summed E-state index contributed by atoms with van der Waals surface area (Å²) in [5, 5.41) is 0. The number of benzene rings is 6. The number of para-hydroxylation sites is 4. The minimum atomic E-state index is -1.26. The van der Waals surface area contributed by atoms with Crippen molar-refractivity contribution < 1.29 is 52.8 Å². The van der Waals surface area contributed by atoms with Crippen molar-refractivity contribution >= 4 is 6.16 Å². The Morgan fingerprint density at radius 1 is 0.370 bits per heavy atom. The van der Waals surface area contributed by atoms with Crippen molar-refractivity contribution in [2.45, 2.75) is 26.4 Å². The second-order valence-electron chi connectivity index (χ2n) is 11.6. The van der Waals surface area contributed by atoms with E-state index in [1.54, 1.807) is 62.8 Å². The van der Waals surface area contributed by atoms with Crippen molar-refractivity contribution in [3.63, 3.8) is 0 Å². The number of hydrogen-bond donors (Lipinski definition) is 0. The molecule has 0 aliphatic carbocycles. The van der Waals surface area contributed by atoms with E-state index < -0.39 is 6.16 Å². The van der Waals surface area contributed by atoms with E-state index in [1.165, 1.54) is 0 Å². The van der Waals surface area contributed by atoms with Gasteiger partial charge < -0.3 is 28.4 Å². The van der Waals surface area contributed by atoms with Crippen LogP contribution < -0.4 is 38.2 Å². The third kappa shape index (κ3) is 10.5. The molecule has 0 unspecified atom stereocenters. The van der Waals surface area contributed by atoms with Crippen molar-refractivity contribution in [1.82, 2.24) is 0 Å². The summed E-state index contributed by atoms with van der Waals surface area (Å²) < 4.78 is 34.9. The van der Waals surface area contributed by atoms with Gasteiger partial charge in [0.1, 0.15) is 26.4 Å². The zero-order valence-corrected chi connectivity index (χ0v) is 29.7. The van der Waals surface area contributed by atoms with E-state index in [0.717, 1.165) is 22.3 Å². The molecule has 6 aromatic carbocycles. The zero-order valence-electron chi connectivity index (χ0n) is 29.7. The number of rotatable bonds is 18. The molecule has 0 aliphatic rings. The van der Waals surface area contributed by atoms with E-state index in [4.69, 9.17) is 48.0 Å². The van der Waals surface area contributed by atoms with Crippen LogP contribution in [0.4, 0.5) is 4.79 Å². The number of carbonyl (C=O) groups is 1. The molecule has 6 aromatic rings. The standard InChI is InChI=1S/C43H38O11/c1-45-41-25-33(21-23-37(41)47-27-31-13-5-3-6-14-31)29-49-35-17-9-11-19-39(35)51-53-43(44)54-52-40-20-12-10-18-36(40)50-30-34-22-24-38(42(26-34)46-2)48-28-32-15-7-4-8-16-32/h3-26H,27-30H2,1-2H3. The van der Waals surface area contributed by atoms with Crippen molar-refractivity contribution in [2.24, 2.45) is 0 Å². The average Bonchev–Trinajstić information content (AvgIpc) is 3.23. The van der Waals surface area contributed by atoms with Gasteiger partial charge in [0.05, 0.1) is 14.2 Å². The average molecular weight is 731 g/mol. The molecule has 0 bridgehead atoms. The number of ether oxygens (including phenoxy) is 6. The van der Waals surface area contributed by atoms with E-state index >= 15 is 0 Å². The topological polar surface area (TPSA) is 109 Å². The van der Waals surface area contributed by atoms with Gasteiger partial charge in [0.25, 0.3) is 0 Å². The van der Waals surface area contributed by atoms with Gasteiger partial charge in [-0.25, -0.2) is 9.78 Å². The van der Waals surface area contributed by atoms with Crippen LogP contribution in [0.1, 0.15) is 22.3 Å². The summed E-state index contributed by atoms with van der Waals surface area (Å²) in [7, 11) is 3.15. The molecule has 0 heterocycles. The molecule has 0 amide bonds. The predicted molar refractivity (Wildman–Crippen MR) is 198 cm³/mol. The highest BCUT2D eigenvalue weighted by Gasteiger charge is 2.16. The lowest BCUT2D eigenvalue weighted by molar-refractivity contribution is -0.237. The van der Waals surface area contributed by atoms with Gasteiger partial charge in [0.2, 0.25) is 11.5 Å². The van der Waals surface area contributed by atoms with E-state index in [9.17, 15) is 4.79 Å². The summed E-state index contributed by atoms with van der Waals surface area (Å²) in [5.41, 5.74) is 3.71. The van der Waals surface area contributed by atoms with E-state index in [1.807, 2.05) is 97.1 Å². The Morgan fingerprint density at radius 3 is 1.09 bits per heavy atom. The van der Waals surface area contributed by atoms with Gasteiger partial charge in [-0.05, 0) is 70.8 Å².